The Morgan fingerprint density at radius 2 is 1.86 bits per heavy atom. The van der Waals surface area contributed by atoms with Crippen LogP contribution in [-0.4, -0.2) is 73.3 Å². The molecule has 0 bridgehead atoms. The molecule has 1 aliphatic carbocycles. The van der Waals surface area contributed by atoms with E-state index in [-0.39, 0.29) is 48.3 Å². The minimum absolute atomic E-state index is 0.0184. The van der Waals surface area contributed by atoms with Crippen molar-refractivity contribution in [3.8, 4) is 28.5 Å². The van der Waals surface area contributed by atoms with Crippen LogP contribution in [0.2, 0.25) is 0 Å². The van der Waals surface area contributed by atoms with Crippen LogP contribution in [0.4, 0.5) is 17.6 Å². The lowest BCUT2D eigenvalue weighted by atomic mass is 9.82. The first-order chi connectivity index (χ1) is 20.9. The number of rotatable bonds is 12. The maximum atomic E-state index is 14.7. The van der Waals surface area contributed by atoms with Crippen LogP contribution in [0.1, 0.15) is 41.4 Å². The van der Waals surface area contributed by atoms with E-state index in [4.69, 9.17) is 19.3 Å². The highest BCUT2D eigenvalue weighted by atomic mass is 19.4. The number of hydrogen-bond acceptors (Lipinski definition) is 8. The second kappa shape index (κ2) is 12.2. The molecule has 2 heterocycles. The van der Waals surface area contributed by atoms with Gasteiger partial charge in [-0.15, -0.1) is 0 Å². The fraction of sp³-hybridized carbons (Fsp3) is 0.419. The lowest BCUT2D eigenvalue weighted by Gasteiger charge is -2.32. The smallest absolute Gasteiger partial charge is 0.424 e. The van der Waals surface area contributed by atoms with Gasteiger partial charge in [-0.05, 0) is 61.4 Å². The Morgan fingerprint density at radius 1 is 1.14 bits per heavy atom. The Balaban J connectivity index is 1.51. The van der Waals surface area contributed by atoms with Gasteiger partial charge in [0, 0.05) is 34.7 Å². The molecule has 2 atom stereocenters. The van der Waals surface area contributed by atoms with Crippen molar-refractivity contribution in [2.24, 2.45) is 0 Å². The van der Waals surface area contributed by atoms with Gasteiger partial charge in [0.1, 0.15) is 23.9 Å². The Labute approximate surface area is 251 Å². The normalized spacial score (nSPS) is 19.1. The molecular weight excluding hydrogens is 586 g/mol. The average Bonchev–Trinajstić information content (AvgIpc) is 3.79. The molecule has 1 aliphatic heterocycles. The molecule has 1 saturated carbocycles. The number of amides is 1. The second-order valence-electron chi connectivity index (χ2n) is 11.2. The molecule has 236 valence electrons. The van der Waals surface area contributed by atoms with Gasteiger partial charge in [0.25, 0.3) is 5.91 Å². The molecule has 13 heteroatoms. The second-order valence-corrected chi connectivity index (χ2v) is 11.2. The van der Waals surface area contributed by atoms with E-state index in [2.05, 4.69) is 15.6 Å². The summed E-state index contributed by atoms with van der Waals surface area (Å²) in [5.74, 6) is -0.853. The van der Waals surface area contributed by atoms with E-state index in [1.165, 1.54) is 43.5 Å². The lowest BCUT2D eigenvalue weighted by Crippen LogP contribution is -2.51. The predicted octanol–water partition coefficient (Wildman–Crippen LogP) is 3.85. The number of carbonyl (C=O) groups excluding carboxylic acids is 1. The van der Waals surface area contributed by atoms with Crippen molar-refractivity contribution in [1.29, 1.82) is 0 Å². The van der Waals surface area contributed by atoms with E-state index in [0.29, 0.717) is 23.7 Å². The number of aliphatic hydroxyl groups excluding tert-OH is 1. The van der Waals surface area contributed by atoms with Crippen molar-refractivity contribution in [2.45, 2.75) is 43.0 Å². The largest absolute Gasteiger partial charge is 0.493 e. The van der Waals surface area contributed by atoms with Crippen LogP contribution in [0.25, 0.3) is 11.3 Å². The number of halogens is 4. The van der Waals surface area contributed by atoms with Crippen molar-refractivity contribution in [3.63, 3.8) is 0 Å². The number of benzene rings is 2. The number of hydrogen-bond donors (Lipinski definition) is 4. The Bertz CT molecular complexity index is 1520. The van der Waals surface area contributed by atoms with Crippen molar-refractivity contribution >= 4 is 5.91 Å². The summed E-state index contributed by atoms with van der Waals surface area (Å²) in [5.41, 5.74) is -4.42. The number of methoxy groups -OCH3 is 1. The predicted molar refractivity (Wildman–Crippen MR) is 151 cm³/mol. The number of fused-ring (bicyclic) bond motifs is 1. The zero-order chi connectivity index (χ0) is 31.7. The summed E-state index contributed by atoms with van der Waals surface area (Å²) in [6.07, 6.45) is -3.25. The first-order valence-corrected chi connectivity index (χ1v) is 14.1. The average molecular weight is 620 g/mol. The monoisotopic (exact) mass is 619 g/mol. The Kier molecular flexibility index (Phi) is 8.74. The van der Waals surface area contributed by atoms with Gasteiger partial charge in [-0.3, -0.25) is 4.79 Å². The lowest BCUT2D eigenvalue weighted by molar-refractivity contribution is -0.265. The number of carbonyl (C=O) groups is 1. The van der Waals surface area contributed by atoms with Gasteiger partial charge in [0.15, 0.2) is 11.5 Å². The highest BCUT2D eigenvalue weighted by Gasteiger charge is 2.57. The third-order valence-electron chi connectivity index (χ3n) is 7.81. The quantitative estimate of drug-likeness (QED) is 0.226. The molecule has 2 aromatic carbocycles. The van der Waals surface area contributed by atoms with Crippen LogP contribution in [-0.2, 0) is 11.0 Å². The van der Waals surface area contributed by atoms with Gasteiger partial charge in [-0.2, -0.15) is 13.2 Å². The summed E-state index contributed by atoms with van der Waals surface area (Å²) in [6, 6.07) is 10.5. The van der Waals surface area contributed by atoms with Crippen LogP contribution < -0.4 is 24.8 Å². The van der Waals surface area contributed by atoms with Crippen molar-refractivity contribution in [3.05, 3.63) is 71.2 Å². The summed E-state index contributed by atoms with van der Waals surface area (Å²) in [5, 5.41) is 25.9. The van der Waals surface area contributed by atoms with Crippen LogP contribution in [0.5, 0.6) is 17.2 Å². The molecule has 5 rings (SSSR count). The standard InChI is InChI=1S/C31H33F4N3O6/c1-29(15-36-21-8-9-21)17-44-27-22(29)14-25(38-26(27)18-3-6-20(32)7-4-18)30(41,31(33,34)35)16-37-28(40)19-5-10-23(43-12-11-39)24(13-19)42-2/h3-7,10,13-14,21,36,39,41H,8-9,11-12,15-17H2,1-2H3,(H,37,40)/t29-,30?/m0/s1. The SMILES string of the molecule is COc1cc(C(=O)NCC(O)(c2cc3c(c(-c4ccc(F)cc4)n2)OC[C@]3(C)CNC2CC2)C(F)(F)F)ccc1OCCO. The zero-order valence-electron chi connectivity index (χ0n) is 24.1. The number of nitrogens with one attached hydrogen (secondary N) is 2. The molecule has 44 heavy (non-hydrogen) atoms. The summed E-state index contributed by atoms with van der Waals surface area (Å²) < 4.78 is 74.5. The molecular formula is C31H33F4N3O6. The molecule has 0 radical (unpaired) electrons. The fourth-order valence-electron chi connectivity index (χ4n) is 4.99. The molecule has 0 spiro atoms. The number of alkyl halides is 3. The van der Waals surface area contributed by atoms with E-state index in [1.807, 2.05) is 6.92 Å². The van der Waals surface area contributed by atoms with Crippen LogP contribution in [0, 0.1) is 5.82 Å². The molecule has 3 aromatic rings. The first kappa shape index (κ1) is 31.5. The highest BCUT2D eigenvalue weighted by molar-refractivity contribution is 5.95. The maximum absolute atomic E-state index is 14.7. The minimum Gasteiger partial charge on any atom is -0.493 e. The number of ether oxygens (including phenoxy) is 3. The number of aliphatic hydroxyl groups is 2. The van der Waals surface area contributed by atoms with Gasteiger partial charge < -0.3 is 35.1 Å². The van der Waals surface area contributed by atoms with E-state index in [1.54, 1.807) is 0 Å². The van der Waals surface area contributed by atoms with Gasteiger partial charge in [-0.25, -0.2) is 9.37 Å². The van der Waals surface area contributed by atoms with Gasteiger partial charge in [0.2, 0.25) is 5.60 Å². The topological polar surface area (TPSA) is 122 Å². The third-order valence-corrected chi connectivity index (χ3v) is 7.81. The molecule has 9 nitrogen and oxygen atoms in total. The van der Waals surface area contributed by atoms with Gasteiger partial charge >= 0.3 is 6.18 Å². The number of nitrogens with zero attached hydrogens (tertiary/aromatic N) is 1. The zero-order valence-corrected chi connectivity index (χ0v) is 24.1. The van der Waals surface area contributed by atoms with E-state index >= 15 is 0 Å². The number of pyridine rings is 1. The molecule has 0 saturated heterocycles. The molecule has 1 unspecified atom stereocenters. The molecule has 2 aliphatic rings. The minimum atomic E-state index is -5.26. The van der Waals surface area contributed by atoms with E-state index in [0.717, 1.165) is 25.0 Å². The van der Waals surface area contributed by atoms with Crippen molar-refractivity contribution in [2.75, 3.05) is 40.0 Å². The van der Waals surface area contributed by atoms with Gasteiger partial charge in [0.05, 0.1) is 32.6 Å². The molecule has 1 aromatic heterocycles. The number of aromatic nitrogens is 1. The fourth-order valence-corrected chi connectivity index (χ4v) is 4.99. The summed E-state index contributed by atoms with van der Waals surface area (Å²) >= 11 is 0. The Morgan fingerprint density at radius 3 is 2.50 bits per heavy atom. The van der Waals surface area contributed by atoms with Crippen LogP contribution >= 0.6 is 0 Å². The summed E-state index contributed by atoms with van der Waals surface area (Å²) in [4.78, 5) is 17.2. The molecule has 1 fully saturated rings. The molecule has 4 N–H and O–H groups in total. The maximum Gasteiger partial charge on any atom is 0.424 e. The third kappa shape index (κ3) is 6.30. The summed E-state index contributed by atoms with van der Waals surface area (Å²) in [7, 11) is 1.32. The van der Waals surface area contributed by atoms with Crippen LogP contribution in [0.15, 0.2) is 48.5 Å². The Hall–Kier alpha value is -3.94. The summed E-state index contributed by atoms with van der Waals surface area (Å²) in [6.45, 7) is 0.869. The van der Waals surface area contributed by atoms with Crippen LogP contribution in [0.3, 0.4) is 0 Å². The molecule has 1 amide bonds. The van der Waals surface area contributed by atoms with Gasteiger partial charge in [-0.1, -0.05) is 6.92 Å². The highest BCUT2D eigenvalue weighted by Crippen LogP contribution is 2.48. The van der Waals surface area contributed by atoms with Crippen molar-refractivity contribution in [1.82, 2.24) is 15.6 Å². The van der Waals surface area contributed by atoms with Crippen molar-refractivity contribution < 1.29 is 46.8 Å². The first-order valence-electron chi connectivity index (χ1n) is 14.1. The van der Waals surface area contributed by atoms with E-state index < -0.39 is 41.2 Å². The van der Waals surface area contributed by atoms with E-state index in [9.17, 15) is 27.5 Å².